The molecule has 5 heteroatoms. The first-order valence-electron chi connectivity index (χ1n) is 9.31. The fourth-order valence-corrected chi connectivity index (χ4v) is 3.35. The smallest absolute Gasteiger partial charge is 0.226 e. The Bertz CT molecular complexity index is 575. The van der Waals surface area contributed by atoms with E-state index in [1.807, 2.05) is 38.1 Å². The van der Waals surface area contributed by atoms with E-state index in [1.54, 1.807) is 0 Å². The molecule has 138 valence electrons. The molecule has 1 aliphatic rings. The summed E-state index contributed by atoms with van der Waals surface area (Å²) in [4.78, 5) is 24.0. The second kappa shape index (κ2) is 8.99. The number of benzene rings is 1. The second-order valence-corrected chi connectivity index (χ2v) is 7.56. The normalized spacial score (nSPS) is 16.5. The van der Waals surface area contributed by atoms with Crippen LogP contribution < -0.4 is 16.4 Å². The van der Waals surface area contributed by atoms with E-state index in [9.17, 15) is 9.59 Å². The molecule has 0 bridgehead atoms. The van der Waals surface area contributed by atoms with Gasteiger partial charge < -0.3 is 16.4 Å². The third-order valence-electron chi connectivity index (χ3n) is 5.12. The Kier molecular flexibility index (Phi) is 7.00. The molecule has 0 heterocycles. The van der Waals surface area contributed by atoms with E-state index >= 15 is 0 Å². The van der Waals surface area contributed by atoms with Crippen LogP contribution in [-0.2, 0) is 16.1 Å². The number of hydrogen-bond donors (Lipinski definition) is 3. The molecule has 25 heavy (non-hydrogen) atoms. The largest absolute Gasteiger partial charge is 0.352 e. The lowest BCUT2D eigenvalue weighted by molar-refractivity contribution is -0.124. The summed E-state index contributed by atoms with van der Waals surface area (Å²) in [5.41, 5.74) is 7.74. The van der Waals surface area contributed by atoms with Crippen LogP contribution in [0.25, 0.3) is 0 Å². The van der Waals surface area contributed by atoms with Crippen molar-refractivity contribution in [1.29, 1.82) is 0 Å². The molecule has 2 amide bonds. The number of carbonyl (C=O) groups excluding carboxylic acids is 2. The van der Waals surface area contributed by atoms with Crippen molar-refractivity contribution in [3.8, 4) is 0 Å². The van der Waals surface area contributed by atoms with Crippen LogP contribution in [0.2, 0.25) is 0 Å². The van der Waals surface area contributed by atoms with Gasteiger partial charge in [-0.25, -0.2) is 0 Å². The number of nitrogens with one attached hydrogen (secondary N) is 2. The number of carbonyl (C=O) groups is 2. The van der Waals surface area contributed by atoms with Gasteiger partial charge >= 0.3 is 0 Å². The van der Waals surface area contributed by atoms with Crippen molar-refractivity contribution in [2.75, 3.05) is 11.9 Å². The van der Waals surface area contributed by atoms with Crippen LogP contribution in [-0.4, -0.2) is 18.4 Å². The summed E-state index contributed by atoms with van der Waals surface area (Å²) in [6, 6.07) is 7.58. The third-order valence-corrected chi connectivity index (χ3v) is 5.12. The highest BCUT2D eigenvalue weighted by atomic mass is 16.2. The van der Waals surface area contributed by atoms with Crippen LogP contribution >= 0.6 is 0 Å². The van der Waals surface area contributed by atoms with Gasteiger partial charge in [0.25, 0.3) is 0 Å². The summed E-state index contributed by atoms with van der Waals surface area (Å²) >= 11 is 0. The monoisotopic (exact) mass is 345 g/mol. The Hall–Kier alpha value is -1.88. The molecular formula is C20H31N3O2. The van der Waals surface area contributed by atoms with Crippen LogP contribution in [0, 0.1) is 11.3 Å². The summed E-state index contributed by atoms with van der Waals surface area (Å²) in [6.45, 7) is 4.81. The highest BCUT2D eigenvalue weighted by Gasteiger charge is 2.32. The van der Waals surface area contributed by atoms with Gasteiger partial charge in [-0.2, -0.15) is 0 Å². The fourth-order valence-electron chi connectivity index (χ4n) is 3.35. The van der Waals surface area contributed by atoms with Crippen molar-refractivity contribution in [2.24, 2.45) is 17.1 Å². The van der Waals surface area contributed by atoms with E-state index in [2.05, 4.69) is 10.6 Å². The Morgan fingerprint density at radius 3 is 2.32 bits per heavy atom. The molecule has 0 unspecified atom stereocenters. The van der Waals surface area contributed by atoms with E-state index in [0.29, 0.717) is 19.5 Å². The van der Waals surface area contributed by atoms with E-state index in [1.165, 1.54) is 19.3 Å². The zero-order chi connectivity index (χ0) is 18.3. The van der Waals surface area contributed by atoms with E-state index in [4.69, 9.17) is 5.73 Å². The standard InChI is InChI=1S/C20H31N3O2/c1-15(2)19(25)23-17-8-6-16(7-9-17)13-22-18(24)12-20(14-21)10-4-3-5-11-20/h6-9,15H,3-5,10-14,21H2,1-2H3,(H,22,24)(H,23,25). The second-order valence-electron chi connectivity index (χ2n) is 7.56. The average Bonchev–Trinajstić information content (AvgIpc) is 2.61. The highest BCUT2D eigenvalue weighted by molar-refractivity contribution is 5.92. The molecular weight excluding hydrogens is 314 g/mol. The van der Waals surface area contributed by atoms with E-state index in [0.717, 1.165) is 24.1 Å². The molecule has 1 aromatic rings. The van der Waals surface area contributed by atoms with E-state index < -0.39 is 0 Å². The van der Waals surface area contributed by atoms with Crippen LogP contribution in [0.15, 0.2) is 24.3 Å². The molecule has 0 atom stereocenters. The van der Waals surface area contributed by atoms with Crippen LogP contribution in [0.1, 0.15) is 57.9 Å². The van der Waals surface area contributed by atoms with Crippen molar-refractivity contribution in [3.63, 3.8) is 0 Å². The average molecular weight is 345 g/mol. The maximum Gasteiger partial charge on any atom is 0.226 e. The van der Waals surface area contributed by atoms with Gasteiger partial charge in [0.05, 0.1) is 0 Å². The minimum absolute atomic E-state index is 0.000572. The lowest BCUT2D eigenvalue weighted by atomic mass is 9.71. The quantitative estimate of drug-likeness (QED) is 0.709. The third kappa shape index (κ3) is 5.85. The molecule has 2 rings (SSSR count). The first-order chi connectivity index (χ1) is 11.9. The van der Waals surface area contributed by atoms with Gasteiger partial charge in [-0.05, 0) is 42.5 Å². The molecule has 5 nitrogen and oxygen atoms in total. The lowest BCUT2D eigenvalue weighted by Crippen LogP contribution is -2.38. The Labute approximate surface area is 150 Å². The molecule has 1 aliphatic carbocycles. The first-order valence-corrected chi connectivity index (χ1v) is 9.31. The summed E-state index contributed by atoms with van der Waals surface area (Å²) < 4.78 is 0. The highest BCUT2D eigenvalue weighted by Crippen LogP contribution is 2.38. The van der Waals surface area contributed by atoms with Crippen LogP contribution in [0.4, 0.5) is 5.69 Å². The minimum atomic E-state index is -0.0476. The zero-order valence-electron chi connectivity index (χ0n) is 15.4. The van der Waals surface area contributed by atoms with Crippen molar-refractivity contribution < 1.29 is 9.59 Å². The molecule has 0 aliphatic heterocycles. The Morgan fingerprint density at radius 1 is 1.12 bits per heavy atom. The van der Waals surface area contributed by atoms with Crippen molar-refractivity contribution in [3.05, 3.63) is 29.8 Å². The minimum Gasteiger partial charge on any atom is -0.352 e. The van der Waals surface area contributed by atoms with E-state index in [-0.39, 0.29) is 23.1 Å². The van der Waals surface area contributed by atoms with Gasteiger partial charge in [0.15, 0.2) is 0 Å². The molecule has 1 saturated carbocycles. The predicted octanol–water partition coefficient (Wildman–Crippen LogP) is 3.20. The van der Waals surface area contributed by atoms with Gasteiger partial charge in [0.1, 0.15) is 0 Å². The maximum absolute atomic E-state index is 12.3. The Morgan fingerprint density at radius 2 is 1.76 bits per heavy atom. The molecule has 4 N–H and O–H groups in total. The van der Waals surface area contributed by atoms with Gasteiger partial charge in [-0.3, -0.25) is 9.59 Å². The van der Waals surface area contributed by atoms with Gasteiger partial charge in [0.2, 0.25) is 11.8 Å². The molecule has 0 radical (unpaired) electrons. The maximum atomic E-state index is 12.3. The fraction of sp³-hybridized carbons (Fsp3) is 0.600. The van der Waals surface area contributed by atoms with Gasteiger partial charge in [0, 0.05) is 24.6 Å². The van der Waals surface area contributed by atoms with Crippen molar-refractivity contribution >= 4 is 17.5 Å². The van der Waals surface area contributed by atoms with Crippen LogP contribution in [0.5, 0.6) is 0 Å². The van der Waals surface area contributed by atoms with Crippen molar-refractivity contribution in [1.82, 2.24) is 5.32 Å². The molecule has 0 spiro atoms. The number of anilines is 1. The number of nitrogens with two attached hydrogens (primary N) is 1. The van der Waals surface area contributed by atoms with Gasteiger partial charge in [-0.1, -0.05) is 45.2 Å². The number of rotatable bonds is 7. The number of hydrogen-bond acceptors (Lipinski definition) is 3. The van der Waals surface area contributed by atoms with Crippen LogP contribution in [0.3, 0.4) is 0 Å². The summed E-state index contributed by atoms with van der Waals surface area (Å²) in [5, 5.41) is 5.86. The summed E-state index contributed by atoms with van der Waals surface area (Å²) in [6.07, 6.45) is 6.24. The zero-order valence-corrected chi connectivity index (χ0v) is 15.4. The topological polar surface area (TPSA) is 84.2 Å². The van der Waals surface area contributed by atoms with Gasteiger partial charge in [-0.15, -0.1) is 0 Å². The first kappa shape index (κ1) is 19.4. The predicted molar refractivity (Wildman–Crippen MR) is 101 cm³/mol. The Balaban J connectivity index is 1.82. The molecule has 1 aromatic carbocycles. The lowest BCUT2D eigenvalue weighted by Gasteiger charge is -2.35. The molecule has 1 fully saturated rings. The number of amides is 2. The molecule has 0 saturated heterocycles. The molecule has 0 aromatic heterocycles. The summed E-state index contributed by atoms with van der Waals surface area (Å²) in [5.74, 6) is 0.0266. The SMILES string of the molecule is CC(C)C(=O)Nc1ccc(CNC(=O)CC2(CN)CCCCC2)cc1. The van der Waals surface area contributed by atoms with Crippen molar-refractivity contribution in [2.45, 2.75) is 58.9 Å². The summed E-state index contributed by atoms with van der Waals surface area (Å²) in [7, 11) is 0.